The molecule has 0 spiro atoms. The van der Waals surface area contributed by atoms with Gasteiger partial charge >= 0.3 is 0 Å². The molecule has 17 heavy (non-hydrogen) atoms. The number of hydrogen-bond donors (Lipinski definition) is 0. The molecule has 0 atom stereocenters. The van der Waals surface area contributed by atoms with Gasteiger partial charge in [0, 0.05) is 12.3 Å². The lowest BCUT2D eigenvalue weighted by atomic mass is 10.3. The molecule has 3 aromatic rings. The third-order valence-electron chi connectivity index (χ3n) is 2.50. The van der Waals surface area contributed by atoms with Crippen molar-refractivity contribution in [2.45, 2.75) is 13.5 Å². The van der Waals surface area contributed by atoms with E-state index in [2.05, 4.69) is 15.1 Å². The molecule has 0 aliphatic heterocycles. The Kier molecular flexibility index (Phi) is 2.33. The van der Waals surface area contributed by atoms with Gasteiger partial charge in [-0.05, 0) is 13.0 Å². The molecule has 0 radical (unpaired) electrons. The van der Waals surface area contributed by atoms with Crippen molar-refractivity contribution in [3.63, 3.8) is 0 Å². The van der Waals surface area contributed by atoms with Gasteiger partial charge < -0.3 is 9.09 Å². The Labute approximate surface area is 102 Å². The number of imidazole rings is 1. The fraction of sp³-hybridized carbons (Fsp3) is 0.182. The van der Waals surface area contributed by atoms with Crippen molar-refractivity contribution in [3.8, 4) is 0 Å². The summed E-state index contributed by atoms with van der Waals surface area (Å²) < 4.78 is 6.99. The molecule has 3 rings (SSSR count). The van der Waals surface area contributed by atoms with Crippen LogP contribution in [0, 0.1) is 6.92 Å². The first-order valence-corrected chi connectivity index (χ1v) is 5.49. The summed E-state index contributed by atoms with van der Waals surface area (Å²) in [5.41, 5.74) is 2.50. The second-order valence-corrected chi connectivity index (χ2v) is 4.13. The Hall–Kier alpha value is -1.88. The normalized spacial score (nSPS) is 11.2. The number of nitrogens with zero attached hydrogens (tertiary/aromatic N) is 4. The lowest BCUT2D eigenvalue weighted by molar-refractivity contribution is 0.389. The van der Waals surface area contributed by atoms with Gasteiger partial charge in [0.25, 0.3) is 0 Å². The van der Waals surface area contributed by atoms with Crippen molar-refractivity contribution in [3.05, 3.63) is 41.3 Å². The average molecular weight is 249 g/mol. The van der Waals surface area contributed by atoms with E-state index in [4.69, 9.17) is 16.1 Å². The molecule has 0 bridgehead atoms. The van der Waals surface area contributed by atoms with E-state index in [1.54, 1.807) is 12.5 Å². The molecule has 86 valence electrons. The zero-order chi connectivity index (χ0) is 11.8. The van der Waals surface area contributed by atoms with Gasteiger partial charge in [-0.15, -0.1) is 0 Å². The summed E-state index contributed by atoms with van der Waals surface area (Å²) >= 11 is 5.96. The number of rotatable bonds is 2. The third-order valence-corrected chi connectivity index (χ3v) is 2.78. The fourth-order valence-corrected chi connectivity index (χ4v) is 1.95. The molecule has 0 aromatic carbocycles. The minimum absolute atomic E-state index is 0.414. The predicted molar refractivity (Wildman–Crippen MR) is 62.9 cm³/mol. The highest BCUT2D eigenvalue weighted by atomic mass is 35.5. The Bertz CT molecular complexity index is 673. The summed E-state index contributed by atoms with van der Waals surface area (Å²) in [6.45, 7) is 2.47. The summed E-state index contributed by atoms with van der Waals surface area (Å²) in [7, 11) is 0. The molecule has 0 amide bonds. The number of aromatic nitrogens is 4. The standard InChI is InChI=1S/C11H9ClN4O/c1-7-4-8(15-17-7)5-16-6-14-10-9(16)2-3-13-11(10)12/h2-4,6H,5H2,1H3. The van der Waals surface area contributed by atoms with Crippen LogP contribution in [0.2, 0.25) is 5.15 Å². The topological polar surface area (TPSA) is 56.7 Å². The molecular weight excluding hydrogens is 240 g/mol. The maximum atomic E-state index is 5.96. The molecule has 0 aliphatic carbocycles. The lowest BCUT2D eigenvalue weighted by Gasteiger charge is -2.00. The molecule has 3 heterocycles. The van der Waals surface area contributed by atoms with Crippen molar-refractivity contribution >= 4 is 22.6 Å². The van der Waals surface area contributed by atoms with Gasteiger partial charge in [0.05, 0.1) is 18.4 Å². The van der Waals surface area contributed by atoms with E-state index in [0.717, 1.165) is 17.0 Å². The van der Waals surface area contributed by atoms with Crippen LogP contribution in [-0.2, 0) is 6.54 Å². The second kappa shape index (κ2) is 3.85. The zero-order valence-electron chi connectivity index (χ0n) is 9.09. The highest BCUT2D eigenvalue weighted by Gasteiger charge is 2.08. The number of hydrogen-bond acceptors (Lipinski definition) is 4. The van der Waals surface area contributed by atoms with Crippen LogP contribution in [0.4, 0.5) is 0 Å². The highest BCUT2D eigenvalue weighted by molar-refractivity contribution is 6.33. The Morgan fingerprint density at radius 1 is 1.41 bits per heavy atom. The lowest BCUT2D eigenvalue weighted by Crippen LogP contribution is -1.97. The van der Waals surface area contributed by atoms with Gasteiger partial charge in [0.1, 0.15) is 17.0 Å². The molecule has 0 fully saturated rings. The van der Waals surface area contributed by atoms with Crippen LogP contribution >= 0.6 is 11.6 Å². The molecule has 3 aromatic heterocycles. The minimum Gasteiger partial charge on any atom is -0.361 e. The van der Waals surface area contributed by atoms with Gasteiger partial charge in [-0.1, -0.05) is 16.8 Å². The van der Waals surface area contributed by atoms with E-state index in [0.29, 0.717) is 17.2 Å². The van der Waals surface area contributed by atoms with Crippen molar-refractivity contribution in [2.24, 2.45) is 0 Å². The SMILES string of the molecule is Cc1cc(Cn2cnc3c(Cl)nccc32)no1. The van der Waals surface area contributed by atoms with Crippen molar-refractivity contribution in [2.75, 3.05) is 0 Å². The number of aryl methyl sites for hydroxylation is 1. The molecule has 0 aliphatic rings. The first kappa shape index (κ1) is 10.3. The summed E-state index contributed by atoms with van der Waals surface area (Å²) in [5.74, 6) is 0.795. The van der Waals surface area contributed by atoms with E-state index >= 15 is 0 Å². The molecule has 0 saturated heterocycles. The predicted octanol–water partition coefficient (Wildman–Crippen LogP) is 2.43. The molecular formula is C11H9ClN4O. The van der Waals surface area contributed by atoms with Gasteiger partial charge in [-0.25, -0.2) is 9.97 Å². The van der Waals surface area contributed by atoms with Crippen LogP contribution in [-0.4, -0.2) is 19.7 Å². The van der Waals surface area contributed by atoms with Crippen LogP contribution in [0.3, 0.4) is 0 Å². The fourth-order valence-electron chi connectivity index (χ4n) is 1.75. The van der Waals surface area contributed by atoms with E-state index < -0.39 is 0 Å². The van der Waals surface area contributed by atoms with Crippen molar-refractivity contribution < 1.29 is 4.52 Å². The monoisotopic (exact) mass is 248 g/mol. The van der Waals surface area contributed by atoms with Gasteiger partial charge in [0.15, 0.2) is 5.15 Å². The van der Waals surface area contributed by atoms with E-state index in [-0.39, 0.29) is 0 Å². The van der Waals surface area contributed by atoms with Gasteiger partial charge in [-0.3, -0.25) is 0 Å². The quantitative estimate of drug-likeness (QED) is 0.654. The smallest absolute Gasteiger partial charge is 0.156 e. The Balaban J connectivity index is 2.04. The zero-order valence-corrected chi connectivity index (χ0v) is 9.85. The van der Waals surface area contributed by atoms with E-state index in [1.807, 2.05) is 23.6 Å². The molecule has 0 N–H and O–H groups in total. The van der Waals surface area contributed by atoms with Crippen LogP contribution in [0.25, 0.3) is 11.0 Å². The number of pyridine rings is 1. The van der Waals surface area contributed by atoms with Gasteiger partial charge in [0.2, 0.25) is 0 Å². The third kappa shape index (κ3) is 1.78. The average Bonchev–Trinajstić information content (AvgIpc) is 2.88. The largest absolute Gasteiger partial charge is 0.361 e. The molecule has 0 saturated carbocycles. The van der Waals surface area contributed by atoms with Crippen LogP contribution in [0.5, 0.6) is 0 Å². The van der Waals surface area contributed by atoms with Gasteiger partial charge in [-0.2, -0.15) is 0 Å². The first-order chi connectivity index (χ1) is 8.24. The van der Waals surface area contributed by atoms with Crippen molar-refractivity contribution in [1.82, 2.24) is 19.7 Å². The summed E-state index contributed by atoms with van der Waals surface area (Å²) in [6.07, 6.45) is 3.39. The Morgan fingerprint density at radius 2 is 2.29 bits per heavy atom. The number of halogens is 1. The van der Waals surface area contributed by atoms with Crippen LogP contribution in [0.1, 0.15) is 11.5 Å². The van der Waals surface area contributed by atoms with Crippen LogP contribution < -0.4 is 0 Å². The summed E-state index contributed by atoms with van der Waals surface area (Å²) in [5, 5.41) is 4.36. The maximum Gasteiger partial charge on any atom is 0.156 e. The number of fused-ring (bicyclic) bond motifs is 1. The molecule has 5 nitrogen and oxygen atoms in total. The van der Waals surface area contributed by atoms with Crippen LogP contribution in [0.15, 0.2) is 29.2 Å². The molecule has 0 unspecified atom stereocenters. The van der Waals surface area contributed by atoms with Crippen molar-refractivity contribution in [1.29, 1.82) is 0 Å². The highest BCUT2D eigenvalue weighted by Crippen LogP contribution is 2.19. The minimum atomic E-state index is 0.414. The molecule has 6 heteroatoms. The van der Waals surface area contributed by atoms with E-state index in [1.165, 1.54) is 0 Å². The summed E-state index contributed by atoms with van der Waals surface area (Å²) in [4.78, 5) is 8.22. The summed E-state index contributed by atoms with van der Waals surface area (Å²) in [6, 6.07) is 3.77. The second-order valence-electron chi connectivity index (χ2n) is 3.77. The maximum absolute atomic E-state index is 5.96. The Morgan fingerprint density at radius 3 is 3.06 bits per heavy atom. The van der Waals surface area contributed by atoms with E-state index in [9.17, 15) is 0 Å². The first-order valence-electron chi connectivity index (χ1n) is 5.11.